The van der Waals surface area contributed by atoms with E-state index in [-0.39, 0.29) is 18.1 Å². The summed E-state index contributed by atoms with van der Waals surface area (Å²) < 4.78 is 9.76. The number of amides is 1. The number of aliphatic hydroxyl groups excluding tert-OH is 1. The quantitative estimate of drug-likeness (QED) is 0.213. The van der Waals surface area contributed by atoms with E-state index >= 15 is 0 Å². The first kappa shape index (κ1) is 28.1. The number of rotatable bonds is 12. The highest BCUT2D eigenvalue weighted by Crippen LogP contribution is 2.35. The molecule has 4 aromatic rings. The van der Waals surface area contributed by atoms with Crippen molar-refractivity contribution >= 4 is 53.0 Å². The Balaban J connectivity index is 0.00000361. The standard InChI is InChI=1S/C26H26ClN3O3S2.ClH/c27-24-12-13-25(35-24)34-21-10-8-18(9-11-21)16-33-23-7-2-1-4-19(23)5-3-6-20(31)14-30-15-22(26(28)32)29-17-30;/h1-2,4,7-13,15,17,20,31H,3,5-6,14,16H2,(H2,28,32);1H. The topological polar surface area (TPSA) is 90.4 Å². The molecule has 1 unspecified atom stereocenters. The van der Waals surface area contributed by atoms with Gasteiger partial charge in [0.1, 0.15) is 18.1 Å². The summed E-state index contributed by atoms with van der Waals surface area (Å²) in [6.45, 7) is 0.852. The van der Waals surface area contributed by atoms with E-state index < -0.39 is 12.0 Å². The third-order valence-corrected chi connectivity index (χ3v) is 7.72. The second-order valence-corrected chi connectivity index (χ2v) is 11.2. The monoisotopic (exact) mass is 563 g/mol. The van der Waals surface area contributed by atoms with E-state index in [2.05, 4.69) is 35.3 Å². The predicted molar refractivity (Wildman–Crippen MR) is 148 cm³/mol. The molecule has 0 saturated carbocycles. The van der Waals surface area contributed by atoms with E-state index in [1.165, 1.54) is 10.5 Å². The number of para-hydroxylation sites is 1. The molecule has 6 nitrogen and oxygen atoms in total. The number of carbonyl (C=O) groups excluding carboxylic acids is 1. The van der Waals surface area contributed by atoms with Gasteiger partial charge in [-0.25, -0.2) is 4.98 Å². The fraction of sp³-hybridized carbons (Fsp3) is 0.231. The van der Waals surface area contributed by atoms with Gasteiger partial charge in [-0.05, 0) is 60.7 Å². The number of halogens is 2. The Kier molecular flexibility index (Phi) is 10.7. The second-order valence-electron chi connectivity index (χ2n) is 8.07. The molecule has 2 aromatic carbocycles. The van der Waals surface area contributed by atoms with Gasteiger partial charge in [-0.1, -0.05) is 53.7 Å². The molecule has 0 radical (unpaired) electrons. The van der Waals surface area contributed by atoms with Gasteiger partial charge in [0.15, 0.2) is 0 Å². The average Bonchev–Trinajstić information content (AvgIpc) is 3.48. The molecule has 1 amide bonds. The normalized spacial score (nSPS) is 11.6. The number of aliphatic hydroxyl groups is 1. The Morgan fingerprint density at radius 1 is 1.17 bits per heavy atom. The zero-order chi connectivity index (χ0) is 24.6. The van der Waals surface area contributed by atoms with Crippen molar-refractivity contribution in [2.75, 3.05) is 0 Å². The molecule has 36 heavy (non-hydrogen) atoms. The van der Waals surface area contributed by atoms with Crippen molar-refractivity contribution in [3.63, 3.8) is 0 Å². The van der Waals surface area contributed by atoms with E-state index in [0.29, 0.717) is 19.6 Å². The van der Waals surface area contributed by atoms with Gasteiger partial charge in [0.05, 0.1) is 21.0 Å². The Morgan fingerprint density at radius 2 is 1.94 bits per heavy atom. The molecule has 2 heterocycles. The minimum atomic E-state index is -0.576. The molecule has 1 atom stereocenters. The number of thiophene rings is 1. The summed E-state index contributed by atoms with van der Waals surface area (Å²) in [7, 11) is 0. The van der Waals surface area contributed by atoms with Crippen LogP contribution in [0.3, 0.4) is 0 Å². The highest BCUT2D eigenvalue weighted by atomic mass is 35.5. The maximum Gasteiger partial charge on any atom is 0.268 e. The molecule has 0 aliphatic carbocycles. The summed E-state index contributed by atoms with van der Waals surface area (Å²) in [6.07, 6.45) is 4.74. The summed E-state index contributed by atoms with van der Waals surface area (Å²) >= 11 is 9.28. The number of primary amides is 1. The first-order chi connectivity index (χ1) is 17.0. The van der Waals surface area contributed by atoms with Crippen LogP contribution in [-0.2, 0) is 19.6 Å². The van der Waals surface area contributed by atoms with Crippen molar-refractivity contribution in [3.8, 4) is 5.75 Å². The van der Waals surface area contributed by atoms with E-state index in [0.717, 1.165) is 38.9 Å². The molecule has 10 heteroatoms. The number of nitrogens with zero attached hydrogens (tertiary/aromatic N) is 2. The van der Waals surface area contributed by atoms with Crippen LogP contribution in [0, 0.1) is 0 Å². The molecule has 0 spiro atoms. The van der Waals surface area contributed by atoms with Gasteiger partial charge >= 0.3 is 0 Å². The van der Waals surface area contributed by atoms with E-state index in [1.54, 1.807) is 33.9 Å². The van der Waals surface area contributed by atoms with Gasteiger partial charge in [0.25, 0.3) is 5.91 Å². The average molecular weight is 565 g/mol. The van der Waals surface area contributed by atoms with Gasteiger partial charge in [0, 0.05) is 17.6 Å². The van der Waals surface area contributed by atoms with Crippen LogP contribution in [0.4, 0.5) is 0 Å². The van der Waals surface area contributed by atoms with E-state index in [1.807, 2.05) is 30.3 Å². The number of ether oxygens (including phenoxy) is 1. The molecule has 0 saturated heterocycles. The molecule has 3 N–H and O–H groups in total. The van der Waals surface area contributed by atoms with Crippen LogP contribution < -0.4 is 10.5 Å². The molecule has 0 aliphatic rings. The zero-order valence-electron chi connectivity index (χ0n) is 19.4. The van der Waals surface area contributed by atoms with Crippen LogP contribution in [-0.4, -0.2) is 26.7 Å². The molecule has 4 rings (SSSR count). The van der Waals surface area contributed by atoms with Crippen molar-refractivity contribution in [3.05, 3.63) is 94.3 Å². The Morgan fingerprint density at radius 3 is 2.64 bits per heavy atom. The molecule has 0 aliphatic heterocycles. The number of carbonyl (C=O) groups is 1. The third-order valence-electron chi connectivity index (χ3n) is 5.35. The van der Waals surface area contributed by atoms with E-state index in [4.69, 9.17) is 22.1 Å². The van der Waals surface area contributed by atoms with Crippen LogP contribution in [0.1, 0.15) is 34.5 Å². The van der Waals surface area contributed by atoms with Crippen molar-refractivity contribution < 1.29 is 14.6 Å². The first-order valence-corrected chi connectivity index (χ1v) is 13.2. The van der Waals surface area contributed by atoms with Gasteiger partial charge in [-0.3, -0.25) is 4.79 Å². The van der Waals surface area contributed by atoms with Crippen molar-refractivity contribution in [1.82, 2.24) is 9.55 Å². The lowest BCUT2D eigenvalue weighted by Crippen LogP contribution is -2.15. The molecule has 190 valence electrons. The number of aryl methyl sites for hydroxylation is 1. The smallest absolute Gasteiger partial charge is 0.268 e. The Hall–Kier alpha value is -2.49. The second kappa shape index (κ2) is 13.7. The van der Waals surface area contributed by atoms with Crippen LogP contribution >= 0.6 is 47.1 Å². The Labute approximate surface area is 229 Å². The lowest BCUT2D eigenvalue weighted by Gasteiger charge is -2.14. The Bertz CT molecular complexity index is 1260. The van der Waals surface area contributed by atoms with Crippen molar-refractivity contribution in [1.29, 1.82) is 0 Å². The largest absolute Gasteiger partial charge is 0.489 e. The molecular formula is C26H27Cl2N3O3S2. The van der Waals surface area contributed by atoms with Crippen molar-refractivity contribution in [2.24, 2.45) is 5.73 Å². The van der Waals surface area contributed by atoms with Gasteiger partial charge in [-0.2, -0.15) is 0 Å². The molecule has 0 bridgehead atoms. The maximum absolute atomic E-state index is 11.2. The SMILES string of the molecule is Cl.NC(=O)c1cn(CC(O)CCCc2ccccc2OCc2ccc(Sc3ccc(Cl)s3)cc2)cn1. The van der Waals surface area contributed by atoms with Gasteiger partial charge < -0.3 is 20.1 Å². The summed E-state index contributed by atoms with van der Waals surface area (Å²) in [4.78, 5) is 16.2. The lowest BCUT2D eigenvalue weighted by molar-refractivity contribution is 0.0995. The van der Waals surface area contributed by atoms with Crippen LogP contribution in [0.25, 0.3) is 0 Å². The zero-order valence-corrected chi connectivity index (χ0v) is 22.6. The number of aromatic nitrogens is 2. The summed E-state index contributed by atoms with van der Waals surface area (Å²) in [5.41, 5.74) is 7.63. The minimum absolute atomic E-state index is 0. The van der Waals surface area contributed by atoms with E-state index in [9.17, 15) is 9.90 Å². The molecular weight excluding hydrogens is 537 g/mol. The van der Waals surface area contributed by atoms with Crippen LogP contribution in [0.2, 0.25) is 4.34 Å². The third kappa shape index (κ3) is 8.28. The first-order valence-electron chi connectivity index (χ1n) is 11.2. The molecule has 0 fully saturated rings. The van der Waals surface area contributed by atoms with Crippen molar-refractivity contribution in [2.45, 2.75) is 47.6 Å². The van der Waals surface area contributed by atoms with Crippen LogP contribution in [0.5, 0.6) is 5.75 Å². The highest BCUT2D eigenvalue weighted by Gasteiger charge is 2.10. The minimum Gasteiger partial charge on any atom is -0.489 e. The summed E-state index contributed by atoms with van der Waals surface area (Å²) in [6, 6.07) is 20.3. The number of nitrogens with two attached hydrogens (primary N) is 1. The number of hydrogen-bond acceptors (Lipinski definition) is 6. The van der Waals surface area contributed by atoms with Crippen LogP contribution in [0.15, 0.2) is 82.3 Å². The maximum atomic E-state index is 11.2. The summed E-state index contributed by atoms with van der Waals surface area (Å²) in [5, 5.41) is 10.4. The highest BCUT2D eigenvalue weighted by molar-refractivity contribution is 8.01. The molecule has 2 aromatic heterocycles. The fourth-order valence-corrected chi connectivity index (χ4v) is 5.86. The van der Waals surface area contributed by atoms with Gasteiger partial charge in [-0.15, -0.1) is 23.7 Å². The fourth-order valence-electron chi connectivity index (χ4n) is 3.58. The summed E-state index contributed by atoms with van der Waals surface area (Å²) in [5.74, 6) is 0.280. The van der Waals surface area contributed by atoms with Gasteiger partial charge in [0.2, 0.25) is 0 Å². The number of hydrogen-bond donors (Lipinski definition) is 2. The number of imidazole rings is 1. The predicted octanol–water partition coefficient (Wildman–Crippen LogP) is 6.23. The lowest BCUT2D eigenvalue weighted by atomic mass is 10.0. The number of benzene rings is 2.